The molecule has 0 aliphatic carbocycles. The van der Waals surface area contributed by atoms with Gasteiger partial charge >= 0.3 is 0 Å². The van der Waals surface area contributed by atoms with Gasteiger partial charge in [-0.2, -0.15) is 0 Å². The SMILES string of the molecule is CC(CCNO)c1ccccc1. The molecule has 1 atom stereocenters. The summed E-state index contributed by atoms with van der Waals surface area (Å²) >= 11 is 0. The lowest BCUT2D eigenvalue weighted by atomic mass is 9.98. The predicted octanol–water partition coefficient (Wildman–Crippen LogP) is 2.16. The highest BCUT2D eigenvalue weighted by Crippen LogP contribution is 2.17. The smallest absolute Gasteiger partial charge is 0.0213 e. The van der Waals surface area contributed by atoms with Crippen molar-refractivity contribution in [3.63, 3.8) is 0 Å². The maximum atomic E-state index is 8.41. The van der Waals surface area contributed by atoms with Crippen molar-refractivity contribution in [2.75, 3.05) is 6.54 Å². The summed E-state index contributed by atoms with van der Waals surface area (Å²) < 4.78 is 0. The fourth-order valence-corrected chi connectivity index (χ4v) is 1.23. The van der Waals surface area contributed by atoms with Gasteiger partial charge in [-0.3, -0.25) is 0 Å². The van der Waals surface area contributed by atoms with Crippen LogP contribution in [0.15, 0.2) is 30.3 Å². The van der Waals surface area contributed by atoms with Crippen molar-refractivity contribution in [1.82, 2.24) is 5.48 Å². The fourth-order valence-electron chi connectivity index (χ4n) is 1.23. The van der Waals surface area contributed by atoms with E-state index in [-0.39, 0.29) is 0 Å². The van der Waals surface area contributed by atoms with E-state index < -0.39 is 0 Å². The van der Waals surface area contributed by atoms with Gasteiger partial charge in [0.1, 0.15) is 0 Å². The van der Waals surface area contributed by atoms with Crippen LogP contribution in [0.2, 0.25) is 0 Å². The molecule has 2 heteroatoms. The Morgan fingerprint density at radius 3 is 2.58 bits per heavy atom. The molecule has 1 rings (SSSR count). The van der Waals surface area contributed by atoms with E-state index in [4.69, 9.17) is 5.21 Å². The van der Waals surface area contributed by atoms with E-state index in [0.717, 1.165) is 6.42 Å². The standard InChI is InChI=1S/C10H15NO/c1-9(7-8-11-12)10-5-3-2-4-6-10/h2-6,9,11-12H,7-8H2,1H3. The second-order valence-electron chi connectivity index (χ2n) is 3.01. The molecule has 0 spiro atoms. The zero-order chi connectivity index (χ0) is 8.81. The second kappa shape index (κ2) is 4.91. The maximum Gasteiger partial charge on any atom is 0.0213 e. The predicted molar refractivity (Wildman–Crippen MR) is 49.3 cm³/mol. The molecule has 0 aromatic heterocycles. The third-order valence-electron chi connectivity index (χ3n) is 2.06. The highest BCUT2D eigenvalue weighted by atomic mass is 16.5. The van der Waals surface area contributed by atoms with Gasteiger partial charge in [0.15, 0.2) is 0 Å². The van der Waals surface area contributed by atoms with Crippen LogP contribution in [0.4, 0.5) is 0 Å². The van der Waals surface area contributed by atoms with Gasteiger partial charge < -0.3 is 5.21 Å². The van der Waals surface area contributed by atoms with Crippen molar-refractivity contribution in [1.29, 1.82) is 0 Å². The largest absolute Gasteiger partial charge is 0.317 e. The zero-order valence-corrected chi connectivity index (χ0v) is 7.33. The molecule has 0 aliphatic rings. The van der Waals surface area contributed by atoms with E-state index in [1.165, 1.54) is 5.56 Å². The molecular formula is C10H15NO. The molecule has 0 bridgehead atoms. The normalized spacial score (nSPS) is 12.8. The van der Waals surface area contributed by atoms with Gasteiger partial charge in [-0.25, -0.2) is 5.48 Å². The monoisotopic (exact) mass is 165 g/mol. The summed E-state index contributed by atoms with van der Waals surface area (Å²) in [4.78, 5) is 0. The van der Waals surface area contributed by atoms with Crippen LogP contribution in [0.5, 0.6) is 0 Å². The van der Waals surface area contributed by atoms with E-state index in [2.05, 4.69) is 24.5 Å². The molecule has 1 aromatic rings. The second-order valence-corrected chi connectivity index (χ2v) is 3.01. The molecule has 0 radical (unpaired) electrons. The molecule has 1 aromatic carbocycles. The molecule has 0 aliphatic heterocycles. The molecule has 0 saturated carbocycles. The summed E-state index contributed by atoms with van der Waals surface area (Å²) in [5.74, 6) is 0.505. The average Bonchev–Trinajstić information content (AvgIpc) is 2.15. The third kappa shape index (κ3) is 2.64. The highest BCUT2D eigenvalue weighted by Gasteiger charge is 2.02. The molecule has 0 amide bonds. The maximum absolute atomic E-state index is 8.41. The molecule has 66 valence electrons. The minimum atomic E-state index is 0.505. The quantitative estimate of drug-likeness (QED) is 0.670. The number of hydrogen-bond acceptors (Lipinski definition) is 2. The lowest BCUT2D eigenvalue weighted by Gasteiger charge is -2.10. The van der Waals surface area contributed by atoms with Crippen molar-refractivity contribution in [3.05, 3.63) is 35.9 Å². The van der Waals surface area contributed by atoms with Crippen LogP contribution in [0.1, 0.15) is 24.8 Å². The van der Waals surface area contributed by atoms with Crippen molar-refractivity contribution < 1.29 is 5.21 Å². The van der Waals surface area contributed by atoms with Crippen molar-refractivity contribution in [2.24, 2.45) is 0 Å². The summed E-state index contributed by atoms with van der Waals surface area (Å²) in [7, 11) is 0. The summed E-state index contributed by atoms with van der Waals surface area (Å²) in [5, 5.41) is 8.41. The summed E-state index contributed by atoms with van der Waals surface area (Å²) in [6.07, 6.45) is 0.959. The minimum Gasteiger partial charge on any atom is -0.317 e. The minimum absolute atomic E-state index is 0.505. The van der Waals surface area contributed by atoms with Gasteiger partial charge in [0.25, 0.3) is 0 Å². The highest BCUT2D eigenvalue weighted by molar-refractivity contribution is 5.18. The first-order chi connectivity index (χ1) is 5.84. The Bertz CT molecular complexity index is 210. The Morgan fingerprint density at radius 2 is 2.00 bits per heavy atom. The van der Waals surface area contributed by atoms with Gasteiger partial charge in [0, 0.05) is 6.54 Å². The molecule has 2 N–H and O–H groups in total. The summed E-state index contributed by atoms with van der Waals surface area (Å²) in [6.45, 7) is 2.81. The van der Waals surface area contributed by atoms with Gasteiger partial charge in [-0.1, -0.05) is 37.3 Å². The van der Waals surface area contributed by atoms with Crippen LogP contribution in [0.25, 0.3) is 0 Å². The topological polar surface area (TPSA) is 32.3 Å². The molecule has 2 nitrogen and oxygen atoms in total. The van der Waals surface area contributed by atoms with Gasteiger partial charge in [-0.05, 0) is 17.9 Å². The molecule has 0 saturated heterocycles. The van der Waals surface area contributed by atoms with Crippen LogP contribution in [-0.2, 0) is 0 Å². The lowest BCUT2D eigenvalue weighted by Crippen LogP contribution is -2.11. The number of hydrogen-bond donors (Lipinski definition) is 2. The molecule has 0 fully saturated rings. The molecule has 0 heterocycles. The Hall–Kier alpha value is -0.860. The first-order valence-electron chi connectivity index (χ1n) is 4.26. The first-order valence-corrected chi connectivity index (χ1v) is 4.26. The first kappa shape index (κ1) is 9.23. The van der Waals surface area contributed by atoms with Crippen LogP contribution in [-0.4, -0.2) is 11.8 Å². The number of benzene rings is 1. The summed E-state index contributed by atoms with van der Waals surface area (Å²) in [6, 6.07) is 10.3. The molecule has 1 unspecified atom stereocenters. The third-order valence-corrected chi connectivity index (χ3v) is 2.06. The zero-order valence-electron chi connectivity index (χ0n) is 7.33. The Labute approximate surface area is 73.2 Å². The van der Waals surface area contributed by atoms with Crippen LogP contribution in [0.3, 0.4) is 0 Å². The lowest BCUT2D eigenvalue weighted by molar-refractivity contribution is 0.163. The van der Waals surface area contributed by atoms with Crippen LogP contribution >= 0.6 is 0 Å². The number of hydroxylamine groups is 1. The van der Waals surface area contributed by atoms with E-state index in [1.807, 2.05) is 18.2 Å². The summed E-state index contributed by atoms with van der Waals surface area (Å²) in [5.41, 5.74) is 3.49. The van der Waals surface area contributed by atoms with E-state index >= 15 is 0 Å². The Kier molecular flexibility index (Phi) is 3.77. The van der Waals surface area contributed by atoms with E-state index in [0.29, 0.717) is 12.5 Å². The average molecular weight is 165 g/mol. The van der Waals surface area contributed by atoms with Crippen LogP contribution < -0.4 is 5.48 Å². The van der Waals surface area contributed by atoms with Gasteiger partial charge in [0.05, 0.1) is 0 Å². The Balaban J connectivity index is 2.48. The van der Waals surface area contributed by atoms with Gasteiger partial charge in [0.2, 0.25) is 0 Å². The van der Waals surface area contributed by atoms with E-state index in [9.17, 15) is 0 Å². The van der Waals surface area contributed by atoms with Gasteiger partial charge in [-0.15, -0.1) is 0 Å². The Morgan fingerprint density at radius 1 is 1.33 bits per heavy atom. The van der Waals surface area contributed by atoms with Crippen molar-refractivity contribution >= 4 is 0 Å². The number of nitrogens with one attached hydrogen (secondary N) is 1. The van der Waals surface area contributed by atoms with Crippen molar-refractivity contribution in [3.8, 4) is 0 Å². The molecular weight excluding hydrogens is 150 g/mol. The van der Waals surface area contributed by atoms with Crippen molar-refractivity contribution in [2.45, 2.75) is 19.3 Å². The van der Waals surface area contributed by atoms with Crippen LogP contribution in [0, 0.1) is 0 Å². The fraction of sp³-hybridized carbons (Fsp3) is 0.400. The number of rotatable bonds is 4. The molecule has 12 heavy (non-hydrogen) atoms. The van der Waals surface area contributed by atoms with E-state index in [1.54, 1.807) is 0 Å².